The molecule has 2 aromatic carbocycles. The molecule has 3 rings (SSSR count). The molecule has 0 saturated heterocycles. The number of rotatable bonds is 13. The van der Waals surface area contributed by atoms with Crippen LogP contribution in [-0.2, 0) is 29.1 Å². The number of aliphatic hydroxyl groups is 1. The normalized spacial score (nSPS) is 11.9. The monoisotopic (exact) mass is 546 g/mol. The number of aliphatic hydroxyl groups excluding tert-OH is 1. The van der Waals surface area contributed by atoms with Gasteiger partial charge in [0.1, 0.15) is 12.4 Å². The highest BCUT2D eigenvalue weighted by atomic mass is 35.5. The first-order valence-electron chi connectivity index (χ1n) is 11.9. The van der Waals surface area contributed by atoms with E-state index in [1.165, 1.54) is 34.0 Å². The van der Waals surface area contributed by atoms with Gasteiger partial charge < -0.3 is 15.3 Å². The van der Waals surface area contributed by atoms with Gasteiger partial charge in [0.15, 0.2) is 11.8 Å². The summed E-state index contributed by atoms with van der Waals surface area (Å²) in [5.41, 5.74) is 4.60. The molecule has 0 radical (unpaired) electrons. The van der Waals surface area contributed by atoms with Crippen molar-refractivity contribution >= 4 is 29.4 Å². The Bertz CT molecular complexity index is 1300. The first-order chi connectivity index (χ1) is 18.1. The van der Waals surface area contributed by atoms with Crippen LogP contribution in [-0.4, -0.2) is 60.6 Å². The second-order valence-corrected chi connectivity index (χ2v) is 9.11. The van der Waals surface area contributed by atoms with Crippen molar-refractivity contribution in [3.8, 4) is 11.1 Å². The maximum atomic E-state index is 14.2. The number of carboxylic acid groups (broad SMARTS) is 2. The number of nitrogens with zero attached hydrogens (tertiary/aromatic N) is 3. The van der Waals surface area contributed by atoms with E-state index in [4.69, 9.17) is 21.8 Å². The molecular weight excluding hydrogens is 519 g/mol. The van der Waals surface area contributed by atoms with E-state index in [1.807, 2.05) is 6.92 Å². The first-order valence-corrected chi connectivity index (χ1v) is 12.2. The summed E-state index contributed by atoms with van der Waals surface area (Å²) in [7, 11) is 0. The number of unbranched alkanes of at least 4 members (excludes halogenated alkanes) is 1. The SMILES string of the molecule is CCCCc1cc(C(=O)NN(Cc2ccc(-c3cc(Cl)ccc3F)cc2)C[C@@H](O)C(=O)O)nn1CC(=O)O. The van der Waals surface area contributed by atoms with Gasteiger partial charge in [-0.3, -0.25) is 19.7 Å². The zero-order valence-corrected chi connectivity index (χ0v) is 21.4. The number of halogens is 2. The minimum Gasteiger partial charge on any atom is -0.480 e. The molecule has 1 atom stereocenters. The number of carbonyl (C=O) groups is 3. The van der Waals surface area contributed by atoms with Gasteiger partial charge >= 0.3 is 11.9 Å². The Hall–Kier alpha value is -3.80. The smallest absolute Gasteiger partial charge is 0.333 e. The van der Waals surface area contributed by atoms with Crippen molar-refractivity contribution in [3.05, 3.63) is 76.3 Å². The highest BCUT2D eigenvalue weighted by Gasteiger charge is 2.23. The molecule has 1 amide bonds. The number of nitrogens with one attached hydrogen (secondary N) is 1. The van der Waals surface area contributed by atoms with Crippen LogP contribution >= 0.6 is 11.6 Å². The fourth-order valence-electron chi connectivity index (χ4n) is 3.76. The summed E-state index contributed by atoms with van der Waals surface area (Å²) < 4.78 is 15.5. The van der Waals surface area contributed by atoms with Gasteiger partial charge in [-0.25, -0.2) is 14.2 Å². The molecule has 0 aliphatic rings. The van der Waals surface area contributed by atoms with Crippen LogP contribution in [0.3, 0.4) is 0 Å². The molecule has 4 N–H and O–H groups in total. The summed E-state index contributed by atoms with van der Waals surface area (Å²) >= 11 is 5.98. The van der Waals surface area contributed by atoms with Crippen molar-refractivity contribution in [1.82, 2.24) is 20.2 Å². The Kier molecular flexibility index (Phi) is 9.94. The van der Waals surface area contributed by atoms with Crippen molar-refractivity contribution in [2.45, 2.75) is 45.4 Å². The topological polar surface area (TPSA) is 145 Å². The number of hydrogen-bond donors (Lipinski definition) is 4. The predicted octanol–water partition coefficient (Wildman–Crippen LogP) is 3.36. The molecule has 0 saturated carbocycles. The van der Waals surface area contributed by atoms with Gasteiger partial charge in [0.05, 0.1) is 6.54 Å². The Morgan fingerprint density at radius 3 is 2.47 bits per heavy atom. The van der Waals surface area contributed by atoms with E-state index in [2.05, 4.69) is 10.5 Å². The number of aryl methyl sites for hydroxylation is 1. The number of hydrazine groups is 1. The lowest BCUT2D eigenvalue weighted by Gasteiger charge is -2.24. The molecule has 1 aromatic heterocycles. The number of hydrogen-bond acceptors (Lipinski definition) is 6. The van der Waals surface area contributed by atoms with Crippen LogP contribution in [0.4, 0.5) is 4.39 Å². The van der Waals surface area contributed by atoms with E-state index in [0.29, 0.717) is 33.8 Å². The van der Waals surface area contributed by atoms with Crippen LogP contribution in [0.1, 0.15) is 41.5 Å². The summed E-state index contributed by atoms with van der Waals surface area (Å²) in [6.45, 7) is 1.14. The van der Waals surface area contributed by atoms with Crippen LogP contribution in [0.2, 0.25) is 5.02 Å². The van der Waals surface area contributed by atoms with Gasteiger partial charge in [0, 0.05) is 22.8 Å². The summed E-state index contributed by atoms with van der Waals surface area (Å²) in [6.07, 6.45) is 0.382. The lowest BCUT2D eigenvalue weighted by molar-refractivity contribution is -0.148. The molecule has 38 heavy (non-hydrogen) atoms. The zero-order valence-electron chi connectivity index (χ0n) is 20.6. The van der Waals surface area contributed by atoms with E-state index in [9.17, 15) is 23.9 Å². The fourth-order valence-corrected chi connectivity index (χ4v) is 3.93. The van der Waals surface area contributed by atoms with Crippen LogP contribution in [0.25, 0.3) is 11.1 Å². The first kappa shape index (κ1) is 28.8. The molecule has 0 spiro atoms. The average molecular weight is 547 g/mol. The Morgan fingerprint density at radius 1 is 1.13 bits per heavy atom. The standard InChI is InChI=1S/C26H28ClFN4O6/c1-2-3-4-19-12-22(29-32(19)15-24(34)35)25(36)30-31(14-23(33)26(37)38)13-16-5-7-17(8-6-16)20-11-18(27)9-10-21(20)28/h5-12,23,33H,2-4,13-15H2,1H3,(H,30,36)(H,34,35)(H,37,38)/t23-/m1/s1. The lowest BCUT2D eigenvalue weighted by Crippen LogP contribution is -2.47. The number of aliphatic carboxylic acids is 2. The maximum Gasteiger partial charge on any atom is 0.333 e. The van der Waals surface area contributed by atoms with E-state index in [1.54, 1.807) is 24.3 Å². The second-order valence-electron chi connectivity index (χ2n) is 8.67. The molecule has 10 nitrogen and oxygen atoms in total. The van der Waals surface area contributed by atoms with E-state index >= 15 is 0 Å². The molecule has 12 heteroatoms. The van der Waals surface area contributed by atoms with Gasteiger partial charge in [-0.2, -0.15) is 5.10 Å². The molecule has 0 aliphatic carbocycles. The third-order valence-electron chi connectivity index (χ3n) is 5.67. The highest BCUT2D eigenvalue weighted by Crippen LogP contribution is 2.26. The van der Waals surface area contributed by atoms with Crippen LogP contribution in [0, 0.1) is 5.82 Å². The second kappa shape index (κ2) is 13.1. The Balaban J connectivity index is 1.80. The number of carbonyl (C=O) groups excluding carboxylic acids is 1. The number of aromatic nitrogens is 2. The summed E-state index contributed by atoms with van der Waals surface area (Å²) in [5, 5.41) is 34.0. The summed E-state index contributed by atoms with van der Waals surface area (Å²) in [4.78, 5) is 35.4. The van der Waals surface area contributed by atoms with Gasteiger partial charge in [0.25, 0.3) is 5.91 Å². The average Bonchev–Trinajstić information content (AvgIpc) is 3.26. The van der Waals surface area contributed by atoms with Gasteiger partial charge in [-0.1, -0.05) is 49.2 Å². The van der Waals surface area contributed by atoms with Crippen molar-refractivity contribution in [1.29, 1.82) is 0 Å². The van der Waals surface area contributed by atoms with Crippen molar-refractivity contribution < 1.29 is 34.1 Å². The van der Waals surface area contributed by atoms with Crippen LogP contribution < -0.4 is 5.43 Å². The number of carboxylic acids is 2. The van der Waals surface area contributed by atoms with Gasteiger partial charge in [0.2, 0.25) is 0 Å². The number of amides is 1. The molecule has 3 aromatic rings. The Labute approximate surface area is 223 Å². The molecule has 202 valence electrons. The van der Waals surface area contributed by atoms with Gasteiger partial charge in [-0.05, 0) is 48.2 Å². The minimum absolute atomic E-state index is 0.00686. The zero-order chi connectivity index (χ0) is 27.8. The predicted molar refractivity (Wildman–Crippen MR) is 137 cm³/mol. The van der Waals surface area contributed by atoms with E-state index in [0.717, 1.165) is 12.8 Å². The molecule has 0 fully saturated rings. The van der Waals surface area contributed by atoms with E-state index in [-0.39, 0.29) is 12.2 Å². The highest BCUT2D eigenvalue weighted by molar-refractivity contribution is 6.30. The molecule has 1 heterocycles. The summed E-state index contributed by atoms with van der Waals surface area (Å²) in [5.74, 6) is -3.71. The van der Waals surface area contributed by atoms with Crippen LogP contribution in [0.5, 0.6) is 0 Å². The van der Waals surface area contributed by atoms with Crippen molar-refractivity contribution in [2.75, 3.05) is 6.54 Å². The third-order valence-corrected chi connectivity index (χ3v) is 5.91. The largest absolute Gasteiger partial charge is 0.480 e. The maximum absolute atomic E-state index is 14.2. The fraction of sp³-hybridized carbons (Fsp3) is 0.308. The molecule has 0 unspecified atom stereocenters. The quantitative estimate of drug-likeness (QED) is 0.239. The summed E-state index contributed by atoms with van der Waals surface area (Å²) in [6, 6.07) is 12.4. The number of benzene rings is 2. The van der Waals surface area contributed by atoms with E-state index < -0.39 is 42.9 Å². The van der Waals surface area contributed by atoms with Crippen molar-refractivity contribution in [2.24, 2.45) is 0 Å². The minimum atomic E-state index is -1.79. The molecule has 0 bridgehead atoms. The molecular formula is C26H28ClFN4O6. The Morgan fingerprint density at radius 2 is 1.84 bits per heavy atom. The third kappa shape index (κ3) is 7.85. The van der Waals surface area contributed by atoms with Gasteiger partial charge in [-0.15, -0.1) is 0 Å². The van der Waals surface area contributed by atoms with Crippen molar-refractivity contribution in [3.63, 3.8) is 0 Å². The lowest BCUT2D eigenvalue weighted by atomic mass is 10.0. The molecule has 0 aliphatic heterocycles. The van der Waals surface area contributed by atoms with Crippen LogP contribution in [0.15, 0.2) is 48.5 Å².